The second kappa shape index (κ2) is 18.1. The zero-order chi connectivity index (χ0) is 24.3. The molecule has 0 N–H and O–H groups in total. The van der Waals surface area contributed by atoms with Gasteiger partial charge in [-0.15, -0.1) is 19.7 Å². The molecule has 0 aromatic heterocycles. The summed E-state index contributed by atoms with van der Waals surface area (Å²) in [5, 5.41) is 0. The van der Waals surface area contributed by atoms with Crippen molar-refractivity contribution >= 4 is 17.9 Å². The smallest absolute Gasteiger partial charge is 0.309 e. The van der Waals surface area contributed by atoms with Crippen LogP contribution in [0, 0.1) is 17.8 Å². The molecule has 0 spiro atoms. The van der Waals surface area contributed by atoms with Gasteiger partial charge in [-0.1, -0.05) is 18.2 Å². The second-order valence-corrected chi connectivity index (χ2v) is 8.58. The van der Waals surface area contributed by atoms with Gasteiger partial charge in [0, 0.05) is 0 Å². The fourth-order valence-electron chi connectivity index (χ4n) is 3.95. The average Bonchev–Trinajstić information content (AvgIpc) is 2.82. The number of rotatable bonds is 18. The van der Waals surface area contributed by atoms with Crippen LogP contribution in [0.3, 0.4) is 0 Å². The Kier molecular flexibility index (Phi) is 15.7. The van der Waals surface area contributed by atoms with Crippen molar-refractivity contribution in [3.05, 3.63) is 38.0 Å². The largest absolute Gasteiger partial charge is 0.465 e. The van der Waals surface area contributed by atoms with E-state index in [0.29, 0.717) is 32.7 Å². The molecule has 33 heavy (non-hydrogen) atoms. The minimum absolute atomic E-state index is 0.257. The van der Waals surface area contributed by atoms with Crippen molar-refractivity contribution < 1.29 is 28.6 Å². The van der Waals surface area contributed by atoms with E-state index in [1.165, 1.54) is 0 Å². The van der Waals surface area contributed by atoms with Gasteiger partial charge in [0.15, 0.2) is 0 Å². The molecule has 6 heteroatoms. The van der Waals surface area contributed by atoms with E-state index in [0.717, 1.165) is 57.8 Å². The molecule has 0 aliphatic heterocycles. The topological polar surface area (TPSA) is 78.9 Å². The lowest BCUT2D eigenvalue weighted by Gasteiger charge is -2.32. The fraction of sp³-hybridized carbons (Fsp3) is 0.667. The fourth-order valence-corrected chi connectivity index (χ4v) is 3.95. The van der Waals surface area contributed by atoms with Gasteiger partial charge in [0.05, 0.1) is 37.6 Å². The first-order chi connectivity index (χ1) is 16.0. The van der Waals surface area contributed by atoms with Gasteiger partial charge >= 0.3 is 17.9 Å². The first kappa shape index (κ1) is 28.7. The van der Waals surface area contributed by atoms with Crippen molar-refractivity contribution in [2.75, 3.05) is 19.8 Å². The summed E-state index contributed by atoms with van der Waals surface area (Å²) in [6.07, 6.45) is 14.3. The highest BCUT2D eigenvalue weighted by Gasteiger charge is 2.43. The number of unbranched alkanes of at least 4 members (excludes halogenated alkanes) is 6. The molecule has 1 aliphatic carbocycles. The zero-order valence-corrected chi connectivity index (χ0v) is 20.1. The molecule has 0 heterocycles. The number of allylic oxidation sites excluding steroid dienone is 3. The summed E-state index contributed by atoms with van der Waals surface area (Å²) in [4.78, 5) is 38.1. The van der Waals surface area contributed by atoms with Crippen LogP contribution in [-0.4, -0.2) is 37.7 Å². The number of hydrogen-bond acceptors (Lipinski definition) is 6. The Morgan fingerprint density at radius 2 is 1.03 bits per heavy atom. The van der Waals surface area contributed by atoms with Crippen LogP contribution in [0.25, 0.3) is 0 Å². The van der Waals surface area contributed by atoms with E-state index in [1.54, 1.807) is 0 Å². The molecule has 0 bridgehead atoms. The van der Waals surface area contributed by atoms with Crippen molar-refractivity contribution in [1.82, 2.24) is 0 Å². The minimum atomic E-state index is -0.683. The van der Waals surface area contributed by atoms with Crippen LogP contribution in [0.4, 0.5) is 0 Å². The van der Waals surface area contributed by atoms with Gasteiger partial charge in [-0.05, 0) is 77.0 Å². The standard InChI is InChI=1S/C27H42O6/c1-4-7-10-13-18-31-25(28)22-16-17-23(26(29)32-19-14-11-8-5-2)24(21-22)27(30)33-20-15-12-9-6-3/h4-6,22-24H,1-3,7-21H2. The van der Waals surface area contributed by atoms with E-state index < -0.39 is 23.7 Å². The highest BCUT2D eigenvalue weighted by molar-refractivity contribution is 5.83. The van der Waals surface area contributed by atoms with E-state index in [-0.39, 0.29) is 18.4 Å². The summed E-state index contributed by atoms with van der Waals surface area (Å²) >= 11 is 0. The second-order valence-electron chi connectivity index (χ2n) is 8.58. The number of hydrogen-bond donors (Lipinski definition) is 0. The lowest BCUT2D eigenvalue weighted by Crippen LogP contribution is -2.40. The van der Waals surface area contributed by atoms with E-state index in [4.69, 9.17) is 14.2 Å². The van der Waals surface area contributed by atoms with Gasteiger partial charge in [0.25, 0.3) is 0 Å². The van der Waals surface area contributed by atoms with Crippen molar-refractivity contribution in [1.29, 1.82) is 0 Å². The van der Waals surface area contributed by atoms with Crippen LogP contribution in [0.15, 0.2) is 38.0 Å². The third kappa shape index (κ3) is 11.9. The van der Waals surface area contributed by atoms with Crippen LogP contribution in [0.5, 0.6) is 0 Å². The maximum Gasteiger partial charge on any atom is 0.309 e. The lowest BCUT2D eigenvalue weighted by molar-refractivity contribution is -0.167. The molecule has 1 saturated carbocycles. The molecule has 0 aromatic rings. The van der Waals surface area contributed by atoms with Gasteiger partial charge in [0.2, 0.25) is 0 Å². The molecule has 3 unspecified atom stereocenters. The van der Waals surface area contributed by atoms with E-state index in [1.807, 2.05) is 18.2 Å². The Labute approximate surface area is 199 Å². The number of carbonyl (C=O) groups is 3. The minimum Gasteiger partial charge on any atom is -0.465 e. The molecular formula is C27H42O6. The maximum atomic E-state index is 12.8. The number of esters is 3. The summed E-state index contributed by atoms with van der Waals surface area (Å²) < 4.78 is 16.3. The van der Waals surface area contributed by atoms with Gasteiger partial charge < -0.3 is 14.2 Å². The normalized spacial score (nSPS) is 19.8. The van der Waals surface area contributed by atoms with Crippen LogP contribution in [-0.2, 0) is 28.6 Å². The first-order valence-corrected chi connectivity index (χ1v) is 12.4. The Bertz CT molecular complexity index is 626. The van der Waals surface area contributed by atoms with Crippen LogP contribution in [0.1, 0.15) is 77.0 Å². The third-order valence-corrected chi connectivity index (χ3v) is 5.93. The average molecular weight is 463 g/mol. The summed E-state index contributed by atoms with van der Waals surface area (Å²) in [5.41, 5.74) is 0. The predicted octanol–water partition coefficient (Wildman–Crippen LogP) is 5.72. The molecule has 0 aromatic carbocycles. The van der Waals surface area contributed by atoms with Crippen LogP contribution < -0.4 is 0 Å². The Hall–Kier alpha value is -2.37. The van der Waals surface area contributed by atoms with Gasteiger partial charge in [-0.25, -0.2) is 0 Å². The molecule has 0 amide bonds. The molecule has 0 saturated heterocycles. The molecule has 0 radical (unpaired) electrons. The van der Waals surface area contributed by atoms with E-state index >= 15 is 0 Å². The molecule has 1 rings (SSSR count). The third-order valence-electron chi connectivity index (χ3n) is 5.93. The van der Waals surface area contributed by atoms with Crippen molar-refractivity contribution in [2.24, 2.45) is 17.8 Å². The maximum absolute atomic E-state index is 12.8. The summed E-state index contributed by atoms with van der Waals surface area (Å²) in [6, 6.07) is 0. The molecule has 3 atom stereocenters. The Balaban J connectivity index is 2.65. The molecular weight excluding hydrogens is 420 g/mol. The summed E-state index contributed by atoms with van der Waals surface area (Å²) in [7, 11) is 0. The monoisotopic (exact) mass is 462 g/mol. The Morgan fingerprint density at radius 1 is 0.606 bits per heavy atom. The van der Waals surface area contributed by atoms with Crippen molar-refractivity contribution in [3.63, 3.8) is 0 Å². The van der Waals surface area contributed by atoms with E-state index in [9.17, 15) is 14.4 Å². The summed E-state index contributed by atoms with van der Waals surface area (Å²) in [5.74, 6) is -2.77. The lowest BCUT2D eigenvalue weighted by atomic mass is 9.74. The highest BCUT2D eigenvalue weighted by Crippen LogP contribution is 2.36. The van der Waals surface area contributed by atoms with Crippen LogP contribution in [0.2, 0.25) is 0 Å². The van der Waals surface area contributed by atoms with Gasteiger partial charge in [-0.3, -0.25) is 14.4 Å². The predicted molar refractivity (Wildman–Crippen MR) is 129 cm³/mol. The van der Waals surface area contributed by atoms with Crippen molar-refractivity contribution in [2.45, 2.75) is 77.0 Å². The van der Waals surface area contributed by atoms with E-state index in [2.05, 4.69) is 19.7 Å². The van der Waals surface area contributed by atoms with Gasteiger partial charge in [0.1, 0.15) is 0 Å². The Morgan fingerprint density at radius 3 is 1.48 bits per heavy atom. The molecule has 1 aliphatic rings. The van der Waals surface area contributed by atoms with Crippen LogP contribution >= 0.6 is 0 Å². The number of ether oxygens (including phenoxy) is 3. The SMILES string of the molecule is C=CCCCCOC(=O)C1CCC(C(=O)OCCCCC=C)C(C(=O)OCCCCC=C)C1. The molecule has 1 fully saturated rings. The zero-order valence-electron chi connectivity index (χ0n) is 20.1. The molecule has 6 nitrogen and oxygen atoms in total. The highest BCUT2D eigenvalue weighted by atomic mass is 16.5. The molecule has 186 valence electrons. The van der Waals surface area contributed by atoms with Crippen molar-refractivity contribution in [3.8, 4) is 0 Å². The first-order valence-electron chi connectivity index (χ1n) is 12.4. The van der Waals surface area contributed by atoms with Gasteiger partial charge in [-0.2, -0.15) is 0 Å². The summed E-state index contributed by atoms with van der Waals surface area (Å²) in [6.45, 7) is 12.0. The number of carbonyl (C=O) groups excluding carboxylic acids is 3. The quantitative estimate of drug-likeness (QED) is 0.112.